The summed E-state index contributed by atoms with van der Waals surface area (Å²) >= 11 is 0. The Hall–Kier alpha value is -1.04. The molecule has 0 aromatic heterocycles. The number of likely N-dealkylation sites (N-methyl/N-ethyl adjacent to an activating group) is 1. The van der Waals surface area contributed by atoms with Crippen LogP contribution in [0.25, 0.3) is 0 Å². The first-order valence-electron chi connectivity index (χ1n) is 6.99. The van der Waals surface area contributed by atoms with E-state index in [4.69, 9.17) is 4.74 Å². The second-order valence-electron chi connectivity index (χ2n) is 5.40. The summed E-state index contributed by atoms with van der Waals surface area (Å²) in [6.45, 7) is 1.90. The fraction of sp³-hybridized carbons (Fsp3) is 0.600. The van der Waals surface area contributed by atoms with Crippen LogP contribution in [0.4, 0.5) is 8.78 Å². The number of aliphatic hydroxyl groups excluding tert-OH is 1. The minimum Gasteiger partial charge on any atom is -0.387 e. The van der Waals surface area contributed by atoms with Crippen molar-refractivity contribution in [2.75, 3.05) is 26.7 Å². The Bertz CT molecular complexity index is 436. The second-order valence-corrected chi connectivity index (χ2v) is 5.40. The van der Waals surface area contributed by atoms with Crippen molar-refractivity contribution in [2.24, 2.45) is 0 Å². The SMILES string of the molecule is CN(CC1CCCCO1)CC(O)c1ccc(F)c(F)c1. The van der Waals surface area contributed by atoms with Crippen LogP contribution in [0.5, 0.6) is 0 Å². The Labute approximate surface area is 118 Å². The monoisotopic (exact) mass is 285 g/mol. The van der Waals surface area contributed by atoms with Crippen LogP contribution in [0.2, 0.25) is 0 Å². The maximum Gasteiger partial charge on any atom is 0.159 e. The molecule has 112 valence electrons. The van der Waals surface area contributed by atoms with Crippen molar-refractivity contribution in [3.63, 3.8) is 0 Å². The van der Waals surface area contributed by atoms with Gasteiger partial charge in [-0.1, -0.05) is 6.07 Å². The Morgan fingerprint density at radius 1 is 1.35 bits per heavy atom. The first-order valence-corrected chi connectivity index (χ1v) is 6.99. The van der Waals surface area contributed by atoms with Crippen LogP contribution in [-0.2, 0) is 4.74 Å². The van der Waals surface area contributed by atoms with Gasteiger partial charge in [-0.2, -0.15) is 0 Å². The summed E-state index contributed by atoms with van der Waals surface area (Å²) in [5, 5.41) is 10.1. The molecular formula is C15H21F2NO2. The summed E-state index contributed by atoms with van der Waals surface area (Å²) < 4.78 is 31.6. The van der Waals surface area contributed by atoms with E-state index < -0.39 is 17.7 Å². The van der Waals surface area contributed by atoms with E-state index in [-0.39, 0.29) is 6.10 Å². The Balaban J connectivity index is 1.86. The lowest BCUT2D eigenvalue weighted by Gasteiger charge is -2.28. The topological polar surface area (TPSA) is 32.7 Å². The standard InChI is InChI=1S/C15H21F2NO2/c1-18(9-12-4-2-3-7-20-12)10-15(19)11-5-6-13(16)14(17)8-11/h5-6,8,12,15,19H,2-4,7,9-10H2,1H3. The molecule has 1 aliphatic heterocycles. The first-order chi connectivity index (χ1) is 9.56. The second kappa shape index (κ2) is 7.11. The highest BCUT2D eigenvalue weighted by Crippen LogP contribution is 2.18. The summed E-state index contributed by atoms with van der Waals surface area (Å²) in [4.78, 5) is 1.96. The fourth-order valence-electron chi connectivity index (χ4n) is 2.49. The number of aliphatic hydroxyl groups is 1. The van der Waals surface area contributed by atoms with E-state index in [9.17, 15) is 13.9 Å². The van der Waals surface area contributed by atoms with E-state index in [2.05, 4.69) is 0 Å². The Morgan fingerprint density at radius 2 is 2.15 bits per heavy atom. The molecule has 0 aliphatic carbocycles. The molecule has 20 heavy (non-hydrogen) atoms. The molecule has 0 spiro atoms. The van der Waals surface area contributed by atoms with Crippen LogP contribution in [-0.4, -0.2) is 42.9 Å². The molecule has 2 rings (SSSR count). The highest BCUT2D eigenvalue weighted by Gasteiger charge is 2.18. The van der Waals surface area contributed by atoms with Gasteiger partial charge in [-0.3, -0.25) is 0 Å². The van der Waals surface area contributed by atoms with E-state index in [1.54, 1.807) is 0 Å². The summed E-state index contributed by atoms with van der Waals surface area (Å²) in [7, 11) is 1.89. The summed E-state index contributed by atoms with van der Waals surface area (Å²) in [5.74, 6) is -1.83. The lowest BCUT2D eigenvalue weighted by molar-refractivity contribution is -0.00797. The molecule has 2 atom stereocenters. The zero-order chi connectivity index (χ0) is 14.5. The Kier molecular flexibility index (Phi) is 5.46. The van der Waals surface area contributed by atoms with Crippen LogP contribution in [0.1, 0.15) is 30.9 Å². The molecule has 1 N–H and O–H groups in total. The number of hydrogen-bond acceptors (Lipinski definition) is 3. The third-order valence-corrected chi connectivity index (χ3v) is 3.60. The van der Waals surface area contributed by atoms with Crippen molar-refractivity contribution in [3.8, 4) is 0 Å². The number of nitrogens with zero attached hydrogens (tertiary/aromatic N) is 1. The van der Waals surface area contributed by atoms with Crippen molar-refractivity contribution in [1.82, 2.24) is 4.90 Å². The molecular weight excluding hydrogens is 264 g/mol. The van der Waals surface area contributed by atoms with Gasteiger partial charge < -0.3 is 14.7 Å². The van der Waals surface area contributed by atoms with Crippen LogP contribution >= 0.6 is 0 Å². The predicted octanol–water partition coefficient (Wildman–Crippen LogP) is 2.50. The summed E-state index contributed by atoms with van der Waals surface area (Å²) in [5.41, 5.74) is 0.389. The van der Waals surface area contributed by atoms with Crippen molar-refractivity contribution >= 4 is 0 Å². The van der Waals surface area contributed by atoms with E-state index >= 15 is 0 Å². The van der Waals surface area contributed by atoms with Crippen LogP contribution in [0, 0.1) is 11.6 Å². The van der Waals surface area contributed by atoms with Gasteiger partial charge in [0.15, 0.2) is 11.6 Å². The van der Waals surface area contributed by atoms with Gasteiger partial charge in [0.05, 0.1) is 12.2 Å². The maximum absolute atomic E-state index is 13.1. The quantitative estimate of drug-likeness (QED) is 0.902. The molecule has 0 bridgehead atoms. The van der Waals surface area contributed by atoms with Crippen LogP contribution < -0.4 is 0 Å². The van der Waals surface area contributed by atoms with Gasteiger partial charge in [0.1, 0.15) is 0 Å². The zero-order valence-corrected chi connectivity index (χ0v) is 11.7. The van der Waals surface area contributed by atoms with Gasteiger partial charge in [-0.25, -0.2) is 8.78 Å². The van der Waals surface area contributed by atoms with Crippen molar-refractivity contribution in [2.45, 2.75) is 31.5 Å². The molecule has 1 fully saturated rings. The van der Waals surface area contributed by atoms with Gasteiger partial charge in [0, 0.05) is 19.7 Å². The zero-order valence-electron chi connectivity index (χ0n) is 11.7. The Morgan fingerprint density at radius 3 is 2.80 bits per heavy atom. The lowest BCUT2D eigenvalue weighted by Crippen LogP contribution is -2.35. The van der Waals surface area contributed by atoms with Gasteiger partial charge in [-0.15, -0.1) is 0 Å². The van der Waals surface area contributed by atoms with Gasteiger partial charge in [-0.05, 0) is 44.0 Å². The summed E-state index contributed by atoms with van der Waals surface area (Å²) in [6, 6.07) is 3.50. The molecule has 5 heteroatoms. The average Bonchev–Trinajstić information content (AvgIpc) is 2.42. The predicted molar refractivity (Wildman–Crippen MR) is 72.4 cm³/mol. The average molecular weight is 285 g/mol. The minimum absolute atomic E-state index is 0.200. The van der Waals surface area contributed by atoms with Crippen molar-refractivity contribution < 1.29 is 18.6 Å². The number of benzene rings is 1. The highest BCUT2D eigenvalue weighted by molar-refractivity contribution is 5.20. The molecule has 1 aromatic carbocycles. The van der Waals surface area contributed by atoms with Crippen molar-refractivity contribution in [1.29, 1.82) is 0 Å². The smallest absolute Gasteiger partial charge is 0.159 e. The number of ether oxygens (including phenoxy) is 1. The van der Waals surface area contributed by atoms with Crippen LogP contribution in [0.15, 0.2) is 18.2 Å². The molecule has 1 heterocycles. The summed E-state index contributed by atoms with van der Waals surface area (Å²) in [6.07, 6.45) is 2.68. The molecule has 0 amide bonds. The highest BCUT2D eigenvalue weighted by atomic mass is 19.2. The lowest BCUT2D eigenvalue weighted by atomic mass is 10.1. The third kappa shape index (κ3) is 4.23. The third-order valence-electron chi connectivity index (χ3n) is 3.60. The molecule has 1 saturated heterocycles. The van der Waals surface area contributed by atoms with E-state index in [0.717, 1.165) is 38.1 Å². The number of halogens is 2. The largest absolute Gasteiger partial charge is 0.387 e. The van der Waals surface area contributed by atoms with E-state index in [1.165, 1.54) is 12.5 Å². The molecule has 3 nitrogen and oxygen atoms in total. The number of hydrogen-bond donors (Lipinski definition) is 1. The molecule has 1 aliphatic rings. The molecule has 2 unspecified atom stereocenters. The van der Waals surface area contributed by atoms with Crippen molar-refractivity contribution in [3.05, 3.63) is 35.4 Å². The molecule has 0 radical (unpaired) electrons. The van der Waals surface area contributed by atoms with Crippen LogP contribution in [0.3, 0.4) is 0 Å². The maximum atomic E-state index is 13.1. The van der Waals surface area contributed by atoms with E-state index in [1.807, 2.05) is 11.9 Å². The van der Waals surface area contributed by atoms with Gasteiger partial charge >= 0.3 is 0 Å². The first kappa shape index (κ1) is 15.4. The van der Waals surface area contributed by atoms with Gasteiger partial charge in [0.25, 0.3) is 0 Å². The molecule has 0 saturated carbocycles. The molecule has 1 aromatic rings. The van der Waals surface area contributed by atoms with E-state index in [0.29, 0.717) is 12.1 Å². The fourth-order valence-corrected chi connectivity index (χ4v) is 2.49. The number of rotatable bonds is 5. The minimum atomic E-state index is -0.931. The van der Waals surface area contributed by atoms with Gasteiger partial charge in [0.2, 0.25) is 0 Å². The normalized spacial score (nSPS) is 21.1.